The van der Waals surface area contributed by atoms with Gasteiger partial charge >= 0.3 is 0 Å². The number of fused-ring (bicyclic) bond motifs is 1. The summed E-state index contributed by atoms with van der Waals surface area (Å²) < 4.78 is 9.13. The van der Waals surface area contributed by atoms with E-state index in [-0.39, 0.29) is 11.7 Å². The number of thiazole rings is 1. The Morgan fingerprint density at radius 1 is 1.15 bits per heavy atom. The van der Waals surface area contributed by atoms with Crippen molar-refractivity contribution in [3.8, 4) is 22.2 Å². The van der Waals surface area contributed by atoms with E-state index < -0.39 is 0 Å². The number of carbonyl (C=O) groups excluding carboxylic acids is 1. The molecule has 0 aliphatic heterocycles. The fraction of sp³-hybridized carbons (Fsp3) is 0.130. The summed E-state index contributed by atoms with van der Waals surface area (Å²) in [6.45, 7) is 2.08. The first kappa shape index (κ1) is 21.9. The second-order valence-electron chi connectivity index (χ2n) is 7.37. The van der Waals surface area contributed by atoms with E-state index in [1.165, 1.54) is 22.0 Å². The van der Waals surface area contributed by atoms with Crippen LogP contribution in [-0.4, -0.2) is 31.4 Å². The number of hydrogen-bond acceptors (Lipinski definition) is 7. The average molecular weight is 540 g/mol. The zero-order valence-corrected chi connectivity index (χ0v) is 20.9. The van der Waals surface area contributed by atoms with Crippen LogP contribution in [0.2, 0.25) is 0 Å². The summed E-state index contributed by atoms with van der Waals surface area (Å²) >= 11 is 6.27. The van der Waals surface area contributed by atoms with Crippen molar-refractivity contribution in [3.05, 3.63) is 64.8 Å². The lowest BCUT2D eigenvalue weighted by Crippen LogP contribution is -2.14. The van der Waals surface area contributed by atoms with Crippen molar-refractivity contribution in [1.82, 2.24) is 19.7 Å². The summed E-state index contributed by atoms with van der Waals surface area (Å²) in [4.78, 5) is 17.2. The predicted molar refractivity (Wildman–Crippen MR) is 136 cm³/mol. The fourth-order valence-corrected chi connectivity index (χ4v) is 5.36. The Kier molecular flexibility index (Phi) is 6.05. The second kappa shape index (κ2) is 9.12. The van der Waals surface area contributed by atoms with Gasteiger partial charge in [-0.05, 0) is 76.9 Å². The normalized spacial score (nSPS) is 11.2. The number of aromatic nitrogens is 4. The quantitative estimate of drug-likeness (QED) is 0.260. The first-order chi connectivity index (χ1) is 16.0. The molecule has 0 atom stereocenters. The number of aryl methyl sites for hydroxylation is 1. The average Bonchev–Trinajstić information content (AvgIpc) is 3.51. The van der Waals surface area contributed by atoms with E-state index >= 15 is 0 Å². The first-order valence-electron chi connectivity index (χ1n) is 10.0. The maximum Gasteiger partial charge on any atom is 0.234 e. The number of furan rings is 1. The van der Waals surface area contributed by atoms with Crippen LogP contribution in [0.1, 0.15) is 5.56 Å². The maximum atomic E-state index is 12.5. The molecule has 0 fully saturated rings. The zero-order valence-electron chi connectivity index (χ0n) is 17.7. The van der Waals surface area contributed by atoms with E-state index in [9.17, 15) is 4.79 Å². The Labute approximate surface area is 206 Å². The van der Waals surface area contributed by atoms with Gasteiger partial charge in [0.05, 0.1) is 16.0 Å². The molecule has 0 radical (unpaired) electrons. The van der Waals surface area contributed by atoms with Crippen molar-refractivity contribution in [2.75, 3.05) is 11.1 Å². The van der Waals surface area contributed by atoms with Gasteiger partial charge in [0.1, 0.15) is 5.01 Å². The molecule has 0 aliphatic carbocycles. The second-order valence-corrected chi connectivity index (χ2v) is 10.1. The highest BCUT2D eigenvalue weighted by Crippen LogP contribution is 2.31. The van der Waals surface area contributed by atoms with E-state index in [1.807, 2.05) is 43.4 Å². The Morgan fingerprint density at radius 2 is 1.97 bits per heavy atom. The molecule has 0 saturated heterocycles. The van der Waals surface area contributed by atoms with Crippen LogP contribution in [-0.2, 0) is 11.8 Å². The minimum Gasteiger partial charge on any atom is -0.446 e. The standard InChI is InChI=1S/C23H18BrN5O2S2/c1-13-3-8-16-18(11-13)33-22(26-16)14-4-6-15(7-5-14)25-20(30)12-32-23-28-27-21(29(23)2)17-9-10-19(24)31-17/h3-11H,12H2,1-2H3,(H,25,30). The van der Waals surface area contributed by atoms with Crippen LogP contribution < -0.4 is 5.32 Å². The third-order valence-corrected chi connectivity index (χ3v) is 7.43. The van der Waals surface area contributed by atoms with Crippen molar-refractivity contribution >= 4 is 60.8 Å². The summed E-state index contributed by atoms with van der Waals surface area (Å²) in [5.41, 5.74) is 3.99. The van der Waals surface area contributed by atoms with Crippen molar-refractivity contribution in [1.29, 1.82) is 0 Å². The van der Waals surface area contributed by atoms with Gasteiger partial charge in [0.25, 0.3) is 0 Å². The number of halogens is 1. The lowest BCUT2D eigenvalue weighted by Gasteiger charge is -2.06. The molecule has 3 heterocycles. The number of amides is 1. The summed E-state index contributed by atoms with van der Waals surface area (Å²) in [5.74, 6) is 1.31. The van der Waals surface area contributed by atoms with Gasteiger partial charge in [-0.25, -0.2) is 4.98 Å². The fourth-order valence-electron chi connectivity index (χ4n) is 3.27. The Bertz CT molecular complexity index is 1460. The van der Waals surface area contributed by atoms with Crippen molar-refractivity contribution < 1.29 is 9.21 Å². The van der Waals surface area contributed by atoms with E-state index in [4.69, 9.17) is 9.40 Å². The lowest BCUT2D eigenvalue weighted by atomic mass is 10.2. The topological polar surface area (TPSA) is 85.8 Å². The van der Waals surface area contributed by atoms with Gasteiger partial charge in [0.15, 0.2) is 21.4 Å². The molecular weight excluding hydrogens is 522 g/mol. The van der Waals surface area contributed by atoms with E-state index in [0.717, 1.165) is 21.8 Å². The minimum absolute atomic E-state index is 0.117. The molecule has 2 aromatic carbocycles. The highest BCUT2D eigenvalue weighted by Gasteiger charge is 2.15. The van der Waals surface area contributed by atoms with Crippen molar-refractivity contribution in [3.63, 3.8) is 0 Å². The maximum absolute atomic E-state index is 12.5. The SMILES string of the molecule is Cc1ccc2nc(-c3ccc(NC(=O)CSc4nnc(-c5ccc(Br)o5)n4C)cc3)sc2c1. The predicted octanol–water partition coefficient (Wildman–Crippen LogP) is 6.15. The van der Waals surface area contributed by atoms with Crippen molar-refractivity contribution in [2.45, 2.75) is 12.1 Å². The van der Waals surface area contributed by atoms with Crippen LogP contribution in [0, 0.1) is 6.92 Å². The van der Waals surface area contributed by atoms with Crippen LogP contribution in [0.5, 0.6) is 0 Å². The van der Waals surface area contributed by atoms with E-state index in [1.54, 1.807) is 22.0 Å². The van der Waals surface area contributed by atoms with Gasteiger partial charge < -0.3 is 14.3 Å². The number of nitrogens with zero attached hydrogens (tertiary/aromatic N) is 4. The van der Waals surface area contributed by atoms with Gasteiger partial charge in [-0.2, -0.15) is 0 Å². The van der Waals surface area contributed by atoms with Gasteiger partial charge in [-0.1, -0.05) is 17.8 Å². The minimum atomic E-state index is -0.117. The molecule has 3 aromatic heterocycles. The third kappa shape index (κ3) is 4.73. The molecule has 1 N–H and O–H groups in total. The highest BCUT2D eigenvalue weighted by molar-refractivity contribution is 9.10. The molecule has 0 aliphatic rings. The van der Waals surface area contributed by atoms with E-state index in [0.29, 0.717) is 21.4 Å². The number of thioether (sulfide) groups is 1. The summed E-state index contributed by atoms with van der Waals surface area (Å²) in [6, 6.07) is 17.6. The van der Waals surface area contributed by atoms with Crippen LogP contribution in [0.25, 0.3) is 32.4 Å². The molecule has 33 heavy (non-hydrogen) atoms. The molecule has 1 amide bonds. The largest absolute Gasteiger partial charge is 0.446 e. The van der Waals surface area contributed by atoms with Gasteiger partial charge in [-0.15, -0.1) is 21.5 Å². The first-order valence-corrected chi connectivity index (χ1v) is 12.6. The van der Waals surface area contributed by atoms with Gasteiger partial charge in [0, 0.05) is 18.3 Å². The van der Waals surface area contributed by atoms with Gasteiger partial charge in [-0.3, -0.25) is 4.79 Å². The highest BCUT2D eigenvalue weighted by atomic mass is 79.9. The molecule has 7 nitrogen and oxygen atoms in total. The number of hydrogen-bond donors (Lipinski definition) is 1. The number of rotatable bonds is 6. The molecule has 0 bridgehead atoms. The number of benzene rings is 2. The summed E-state index contributed by atoms with van der Waals surface area (Å²) in [7, 11) is 1.84. The molecule has 0 unspecified atom stereocenters. The van der Waals surface area contributed by atoms with Crippen LogP contribution >= 0.6 is 39.0 Å². The Hall–Kier alpha value is -2.95. The van der Waals surface area contributed by atoms with E-state index in [2.05, 4.69) is 50.5 Å². The van der Waals surface area contributed by atoms with Crippen molar-refractivity contribution in [2.24, 2.45) is 7.05 Å². The summed E-state index contributed by atoms with van der Waals surface area (Å²) in [5, 5.41) is 12.8. The monoisotopic (exact) mass is 539 g/mol. The molecule has 10 heteroatoms. The third-order valence-electron chi connectivity index (χ3n) is 4.92. The Balaban J connectivity index is 1.21. The van der Waals surface area contributed by atoms with Gasteiger partial charge in [0.2, 0.25) is 5.91 Å². The smallest absolute Gasteiger partial charge is 0.234 e. The molecule has 0 saturated carbocycles. The molecule has 0 spiro atoms. The van der Waals surface area contributed by atoms with Crippen LogP contribution in [0.15, 0.2) is 68.8 Å². The van der Waals surface area contributed by atoms with Crippen LogP contribution in [0.3, 0.4) is 0 Å². The molecular formula is C23H18BrN5O2S2. The molecule has 5 rings (SSSR count). The number of carbonyl (C=O) groups is 1. The molecule has 5 aromatic rings. The number of anilines is 1. The Morgan fingerprint density at radius 3 is 2.73 bits per heavy atom. The lowest BCUT2D eigenvalue weighted by molar-refractivity contribution is -0.113. The molecule has 166 valence electrons. The zero-order chi connectivity index (χ0) is 22.9. The van der Waals surface area contributed by atoms with Crippen LogP contribution in [0.4, 0.5) is 5.69 Å². The number of nitrogens with one attached hydrogen (secondary N) is 1. The summed E-state index contributed by atoms with van der Waals surface area (Å²) in [6.07, 6.45) is 0.